The van der Waals surface area contributed by atoms with Crippen molar-refractivity contribution in [2.75, 3.05) is 5.32 Å². The van der Waals surface area contributed by atoms with Gasteiger partial charge in [0.2, 0.25) is 0 Å². The summed E-state index contributed by atoms with van der Waals surface area (Å²) in [4.78, 5) is 12.8. The van der Waals surface area contributed by atoms with Crippen molar-refractivity contribution in [2.24, 2.45) is 0 Å². The molecule has 1 aromatic heterocycles. The average Bonchev–Trinajstić information content (AvgIpc) is 2.87. The second kappa shape index (κ2) is 5.30. The number of carbonyl (C=O) groups excluding carboxylic acids is 1. The van der Waals surface area contributed by atoms with Crippen LogP contribution >= 0.6 is 11.3 Å². The van der Waals surface area contributed by atoms with Gasteiger partial charge in [0.15, 0.2) is 0 Å². The van der Waals surface area contributed by atoms with Crippen LogP contribution in [-0.2, 0) is 0 Å². The molecule has 0 spiro atoms. The Morgan fingerprint density at radius 2 is 1.95 bits per heavy atom. The zero-order valence-electron chi connectivity index (χ0n) is 11.7. The van der Waals surface area contributed by atoms with E-state index in [4.69, 9.17) is 0 Å². The number of anilines is 1. The molecule has 4 heteroatoms. The number of carbonyl (C=O) groups is 1. The lowest BCUT2D eigenvalue weighted by Gasteiger charge is -2.07. The first-order chi connectivity index (χ1) is 10.0. The Morgan fingerprint density at radius 3 is 2.67 bits per heavy atom. The maximum Gasteiger partial charge on any atom is 0.265 e. The summed E-state index contributed by atoms with van der Waals surface area (Å²) in [6.07, 6.45) is 0. The quantitative estimate of drug-likeness (QED) is 0.715. The van der Waals surface area contributed by atoms with E-state index in [0.29, 0.717) is 10.3 Å². The highest BCUT2D eigenvalue weighted by Gasteiger charge is 2.13. The minimum absolute atomic E-state index is 0.206. The average molecular weight is 299 g/mol. The zero-order chi connectivity index (χ0) is 15.0. The van der Waals surface area contributed by atoms with E-state index >= 15 is 0 Å². The Morgan fingerprint density at radius 1 is 1.14 bits per heavy atom. The molecule has 0 radical (unpaired) electrons. The normalized spacial score (nSPS) is 10.8. The fraction of sp³-hybridized carbons (Fsp3) is 0.118. The molecule has 106 valence electrons. The van der Waals surface area contributed by atoms with E-state index < -0.39 is 0 Å². The van der Waals surface area contributed by atoms with Crippen LogP contribution in [0.1, 0.15) is 20.8 Å². The first kappa shape index (κ1) is 13.8. The van der Waals surface area contributed by atoms with Crippen molar-refractivity contribution in [3.8, 4) is 0 Å². The van der Waals surface area contributed by atoms with Gasteiger partial charge in [0.05, 0.1) is 4.88 Å². The minimum atomic E-state index is -0.297. The number of benzene rings is 2. The van der Waals surface area contributed by atoms with Gasteiger partial charge in [-0.3, -0.25) is 4.79 Å². The molecule has 21 heavy (non-hydrogen) atoms. The Bertz CT molecular complexity index is 838. The molecule has 0 fully saturated rings. The highest BCUT2D eigenvalue weighted by molar-refractivity contribution is 7.20. The summed E-state index contributed by atoms with van der Waals surface area (Å²) in [5.41, 5.74) is 2.94. The predicted octanol–water partition coefficient (Wildman–Crippen LogP) is 4.91. The van der Waals surface area contributed by atoms with E-state index in [0.717, 1.165) is 21.5 Å². The van der Waals surface area contributed by atoms with Crippen molar-refractivity contribution in [1.29, 1.82) is 0 Å². The Hall–Kier alpha value is -2.20. The fourth-order valence-corrected chi connectivity index (χ4v) is 3.25. The van der Waals surface area contributed by atoms with Gasteiger partial charge in [-0.2, -0.15) is 0 Å². The molecular weight excluding hydrogens is 285 g/mol. The molecule has 0 aliphatic rings. The van der Waals surface area contributed by atoms with Crippen LogP contribution in [0.5, 0.6) is 0 Å². The van der Waals surface area contributed by atoms with E-state index in [1.807, 2.05) is 38.1 Å². The van der Waals surface area contributed by atoms with Crippen LogP contribution in [-0.4, -0.2) is 5.91 Å². The smallest absolute Gasteiger partial charge is 0.265 e. The Balaban J connectivity index is 1.92. The molecule has 2 nitrogen and oxygen atoms in total. The third kappa shape index (κ3) is 2.67. The lowest BCUT2D eigenvalue weighted by atomic mass is 10.1. The van der Waals surface area contributed by atoms with Gasteiger partial charge in [-0.1, -0.05) is 23.8 Å². The molecule has 0 bridgehead atoms. The fourth-order valence-electron chi connectivity index (χ4n) is 2.27. The molecule has 0 aliphatic carbocycles. The molecule has 0 aliphatic heterocycles. The van der Waals surface area contributed by atoms with Crippen LogP contribution in [0.3, 0.4) is 0 Å². The molecule has 0 atom stereocenters. The predicted molar refractivity (Wildman–Crippen MR) is 85.7 cm³/mol. The van der Waals surface area contributed by atoms with Gasteiger partial charge >= 0.3 is 0 Å². The van der Waals surface area contributed by atoms with Gasteiger partial charge in [0, 0.05) is 15.8 Å². The summed E-state index contributed by atoms with van der Waals surface area (Å²) in [5.74, 6) is -0.503. The largest absolute Gasteiger partial charge is 0.321 e. The Labute approximate surface area is 126 Å². The van der Waals surface area contributed by atoms with Crippen molar-refractivity contribution in [3.05, 3.63) is 64.3 Å². The Kier molecular flexibility index (Phi) is 3.47. The number of thiophene rings is 1. The van der Waals surface area contributed by atoms with Crippen LogP contribution in [0.25, 0.3) is 10.1 Å². The molecule has 0 saturated heterocycles. The van der Waals surface area contributed by atoms with Gasteiger partial charge in [0.1, 0.15) is 5.82 Å². The van der Waals surface area contributed by atoms with Gasteiger partial charge < -0.3 is 5.32 Å². The van der Waals surface area contributed by atoms with Crippen LogP contribution < -0.4 is 5.32 Å². The van der Waals surface area contributed by atoms with Crippen LogP contribution in [0.15, 0.2) is 42.5 Å². The third-order valence-corrected chi connectivity index (χ3v) is 4.46. The number of aryl methyl sites for hydroxylation is 2. The van der Waals surface area contributed by atoms with Crippen molar-refractivity contribution in [1.82, 2.24) is 0 Å². The molecule has 1 heterocycles. The van der Waals surface area contributed by atoms with Crippen molar-refractivity contribution in [2.45, 2.75) is 13.8 Å². The van der Waals surface area contributed by atoms with Gasteiger partial charge in [-0.25, -0.2) is 4.39 Å². The first-order valence-electron chi connectivity index (χ1n) is 6.61. The number of amides is 1. The van der Waals surface area contributed by atoms with E-state index in [9.17, 15) is 9.18 Å². The number of fused-ring (bicyclic) bond motifs is 1. The summed E-state index contributed by atoms with van der Waals surface area (Å²) >= 11 is 1.30. The van der Waals surface area contributed by atoms with Crippen LogP contribution in [0.2, 0.25) is 0 Å². The SMILES string of the molecule is Cc1ccc(NC(=O)c2cc3c(F)cccc3s2)c(C)c1. The molecule has 0 saturated carbocycles. The van der Waals surface area contributed by atoms with Gasteiger partial charge in [0.25, 0.3) is 5.91 Å². The second-order valence-electron chi connectivity index (χ2n) is 5.03. The number of hydrogen-bond acceptors (Lipinski definition) is 2. The van der Waals surface area contributed by atoms with E-state index in [-0.39, 0.29) is 11.7 Å². The molecule has 3 rings (SSSR count). The molecular formula is C17H14FNOS. The molecule has 2 aromatic carbocycles. The zero-order valence-corrected chi connectivity index (χ0v) is 12.6. The summed E-state index contributed by atoms with van der Waals surface area (Å²) < 4.78 is 14.5. The standard InChI is InChI=1S/C17H14FNOS/c1-10-6-7-14(11(2)8-10)19-17(20)16-9-12-13(18)4-3-5-15(12)21-16/h3-9H,1-2H3,(H,19,20). The summed E-state index contributed by atoms with van der Waals surface area (Å²) in [6, 6.07) is 12.3. The maximum atomic E-state index is 13.7. The number of nitrogens with one attached hydrogen (secondary N) is 1. The monoisotopic (exact) mass is 299 g/mol. The van der Waals surface area contributed by atoms with Crippen LogP contribution in [0, 0.1) is 19.7 Å². The van der Waals surface area contributed by atoms with E-state index in [1.165, 1.54) is 17.4 Å². The highest BCUT2D eigenvalue weighted by atomic mass is 32.1. The molecule has 1 amide bonds. The molecule has 3 aromatic rings. The first-order valence-corrected chi connectivity index (χ1v) is 7.43. The highest BCUT2D eigenvalue weighted by Crippen LogP contribution is 2.28. The number of halogens is 1. The van der Waals surface area contributed by atoms with Crippen LogP contribution in [0.4, 0.5) is 10.1 Å². The summed E-state index contributed by atoms with van der Waals surface area (Å²) in [7, 11) is 0. The van der Waals surface area contributed by atoms with Crippen molar-refractivity contribution < 1.29 is 9.18 Å². The lowest BCUT2D eigenvalue weighted by molar-refractivity contribution is 0.103. The van der Waals surface area contributed by atoms with E-state index in [2.05, 4.69) is 5.32 Å². The molecule has 0 unspecified atom stereocenters. The summed E-state index contributed by atoms with van der Waals surface area (Å²) in [6.45, 7) is 3.96. The maximum absolute atomic E-state index is 13.7. The lowest BCUT2D eigenvalue weighted by Crippen LogP contribution is -2.11. The third-order valence-electron chi connectivity index (χ3n) is 3.36. The van der Waals surface area contributed by atoms with E-state index in [1.54, 1.807) is 12.1 Å². The summed E-state index contributed by atoms with van der Waals surface area (Å²) in [5, 5.41) is 3.38. The van der Waals surface area contributed by atoms with Crippen molar-refractivity contribution in [3.63, 3.8) is 0 Å². The van der Waals surface area contributed by atoms with Crippen molar-refractivity contribution >= 4 is 33.0 Å². The number of rotatable bonds is 2. The topological polar surface area (TPSA) is 29.1 Å². The van der Waals surface area contributed by atoms with Gasteiger partial charge in [-0.05, 0) is 43.7 Å². The molecule has 1 N–H and O–H groups in total. The van der Waals surface area contributed by atoms with Gasteiger partial charge in [-0.15, -0.1) is 11.3 Å². The minimum Gasteiger partial charge on any atom is -0.321 e. The number of hydrogen-bond donors (Lipinski definition) is 1. The second-order valence-corrected chi connectivity index (χ2v) is 6.12.